The van der Waals surface area contributed by atoms with Gasteiger partial charge in [0.15, 0.2) is 5.78 Å². The van der Waals surface area contributed by atoms with Gasteiger partial charge in [0.2, 0.25) is 0 Å². The first kappa shape index (κ1) is 20.1. The topological polar surface area (TPSA) is 71.1 Å². The molecule has 1 heterocycles. The Labute approximate surface area is 164 Å². The Bertz CT molecular complexity index is 1030. The maximum Gasteiger partial charge on any atom is 0.416 e. The number of nitrogens with zero attached hydrogens (tertiary/aromatic N) is 1. The second kappa shape index (κ2) is 8.14. The first-order chi connectivity index (χ1) is 13.7. The largest absolute Gasteiger partial charge is 0.416 e. The molecule has 8 heteroatoms. The quantitative estimate of drug-likeness (QED) is 0.571. The van der Waals surface area contributed by atoms with E-state index in [1.54, 1.807) is 30.3 Å². The lowest BCUT2D eigenvalue weighted by molar-refractivity contribution is -0.137. The van der Waals surface area contributed by atoms with Gasteiger partial charge in [-0.2, -0.15) is 13.2 Å². The van der Waals surface area contributed by atoms with Crippen LogP contribution in [0.1, 0.15) is 33.3 Å². The van der Waals surface area contributed by atoms with Crippen LogP contribution >= 0.6 is 0 Å². The monoisotopic (exact) mass is 399 g/mol. The molecule has 2 N–H and O–H groups in total. The molecule has 0 spiro atoms. The lowest BCUT2D eigenvalue weighted by Crippen LogP contribution is -2.14. The van der Waals surface area contributed by atoms with Crippen molar-refractivity contribution in [3.8, 4) is 0 Å². The van der Waals surface area contributed by atoms with E-state index in [9.17, 15) is 22.8 Å². The summed E-state index contributed by atoms with van der Waals surface area (Å²) in [5.41, 5.74) is 1.41. The molecule has 148 valence electrons. The molecule has 2 aromatic carbocycles. The number of Topliss-reactive ketones (excluding diaryl/α,β-unsaturated/α-hetero) is 1. The van der Waals surface area contributed by atoms with Crippen LogP contribution in [-0.2, 0) is 6.18 Å². The van der Waals surface area contributed by atoms with Crippen LogP contribution in [0.2, 0.25) is 0 Å². The van der Waals surface area contributed by atoms with Crippen LogP contribution in [0.3, 0.4) is 0 Å². The Morgan fingerprint density at radius 2 is 1.59 bits per heavy atom. The number of carbonyl (C=O) groups is 2. The van der Waals surface area contributed by atoms with Crippen molar-refractivity contribution in [3.63, 3.8) is 0 Å². The smallest absolute Gasteiger partial charge is 0.354 e. The summed E-state index contributed by atoms with van der Waals surface area (Å²) in [6.45, 7) is 1.48. The summed E-state index contributed by atoms with van der Waals surface area (Å²) in [6.07, 6.45) is -2.99. The lowest BCUT2D eigenvalue weighted by atomic mass is 10.1. The van der Waals surface area contributed by atoms with E-state index in [4.69, 9.17) is 0 Å². The number of halogens is 3. The normalized spacial score (nSPS) is 11.0. The number of carbonyl (C=O) groups excluding carboxylic acids is 2. The number of anilines is 3. The van der Waals surface area contributed by atoms with Gasteiger partial charge >= 0.3 is 6.18 Å². The number of hydrogen-bond acceptors (Lipinski definition) is 4. The van der Waals surface area contributed by atoms with Crippen molar-refractivity contribution in [2.45, 2.75) is 13.1 Å². The molecule has 0 radical (unpaired) electrons. The standard InChI is InChI=1S/C21H16F3N3O2/c1-13(28)14-3-2-4-17(11-14)26-18-9-10-19(25-12-18)20(29)27-16-7-5-15(6-8-16)21(22,23)24/h2-12,26H,1H3,(H,27,29). The molecule has 0 atom stereocenters. The first-order valence-electron chi connectivity index (χ1n) is 8.55. The molecule has 0 saturated heterocycles. The molecular formula is C21H16F3N3O2. The average Bonchev–Trinajstić information content (AvgIpc) is 2.68. The van der Waals surface area contributed by atoms with Gasteiger partial charge in [-0.05, 0) is 55.5 Å². The number of aromatic nitrogens is 1. The molecule has 0 aliphatic carbocycles. The highest BCUT2D eigenvalue weighted by Crippen LogP contribution is 2.29. The van der Waals surface area contributed by atoms with Crippen molar-refractivity contribution in [1.82, 2.24) is 4.98 Å². The molecule has 1 aromatic heterocycles. The summed E-state index contributed by atoms with van der Waals surface area (Å²) in [6, 6.07) is 14.2. The minimum atomic E-state index is -4.43. The van der Waals surface area contributed by atoms with Crippen LogP contribution in [0.5, 0.6) is 0 Å². The van der Waals surface area contributed by atoms with Gasteiger partial charge in [-0.25, -0.2) is 4.98 Å². The number of ketones is 1. The predicted molar refractivity (Wildman–Crippen MR) is 103 cm³/mol. The van der Waals surface area contributed by atoms with E-state index in [1.807, 2.05) is 0 Å². The van der Waals surface area contributed by atoms with Crippen LogP contribution in [-0.4, -0.2) is 16.7 Å². The van der Waals surface area contributed by atoms with Gasteiger partial charge in [-0.15, -0.1) is 0 Å². The number of pyridine rings is 1. The third kappa shape index (κ3) is 5.19. The number of amides is 1. The fourth-order valence-electron chi connectivity index (χ4n) is 2.52. The van der Waals surface area contributed by atoms with E-state index in [2.05, 4.69) is 15.6 Å². The highest BCUT2D eigenvalue weighted by atomic mass is 19.4. The number of benzene rings is 2. The summed E-state index contributed by atoms with van der Waals surface area (Å²) < 4.78 is 37.7. The first-order valence-corrected chi connectivity index (χ1v) is 8.55. The maximum atomic E-state index is 12.6. The predicted octanol–water partition coefficient (Wildman–Crippen LogP) is 5.30. The Morgan fingerprint density at radius 3 is 2.17 bits per heavy atom. The molecule has 0 aliphatic heterocycles. The minimum Gasteiger partial charge on any atom is -0.354 e. The van der Waals surface area contributed by atoms with Crippen molar-refractivity contribution in [3.05, 3.63) is 83.7 Å². The van der Waals surface area contributed by atoms with Crippen LogP contribution in [0.15, 0.2) is 66.9 Å². The molecular weight excluding hydrogens is 383 g/mol. The van der Waals surface area contributed by atoms with Gasteiger partial charge in [0.25, 0.3) is 5.91 Å². The SMILES string of the molecule is CC(=O)c1cccc(Nc2ccc(C(=O)Nc3ccc(C(F)(F)F)cc3)nc2)c1. The van der Waals surface area contributed by atoms with Crippen LogP contribution < -0.4 is 10.6 Å². The van der Waals surface area contributed by atoms with Gasteiger partial charge in [0, 0.05) is 16.9 Å². The molecule has 0 aliphatic rings. The molecule has 29 heavy (non-hydrogen) atoms. The van der Waals surface area contributed by atoms with Crippen molar-refractivity contribution < 1.29 is 22.8 Å². The Hall–Kier alpha value is -3.68. The zero-order chi connectivity index (χ0) is 21.0. The molecule has 0 fully saturated rings. The van der Waals surface area contributed by atoms with Crippen molar-refractivity contribution in [2.75, 3.05) is 10.6 Å². The highest BCUT2D eigenvalue weighted by molar-refractivity contribution is 6.03. The molecule has 5 nitrogen and oxygen atoms in total. The second-order valence-corrected chi connectivity index (χ2v) is 6.22. The summed E-state index contributed by atoms with van der Waals surface area (Å²) in [4.78, 5) is 27.7. The lowest BCUT2D eigenvalue weighted by Gasteiger charge is -2.10. The summed E-state index contributed by atoms with van der Waals surface area (Å²) in [5, 5.41) is 5.58. The van der Waals surface area contributed by atoms with E-state index in [1.165, 1.54) is 31.3 Å². The van der Waals surface area contributed by atoms with Gasteiger partial charge in [-0.3, -0.25) is 9.59 Å². The second-order valence-electron chi connectivity index (χ2n) is 6.22. The van der Waals surface area contributed by atoms with Crippen molar-refractivity contribution >= 4 is 28.8 Å². The third-order valence-corrected chi connectivity index (χ3v) is 4.02. The van der Waals surface area contributed by atoms with Crippen molar-refractivity contribution in [1.29, 1.82) is 0 Å². The van der Waals surface area contributed by atoms with Gasteiger partial charge in [0.1, 0.15) is 5.69 Å². The molecule has 0 saturated carbocycles. The van der Waals surface area contributed by atoms with Crippen molar-refractivity contribution in [2.24, 2.45) is 0 Å². The minimum absolute atomic E-state index is 0.0536. The fraction of sp³-hybridized carbons (Fsp3) is 0.0952. The van der Waals surface area contributed by atoms with E-state index in [0.717, 1.165) is 12.1 Å². The van der Waals surface area contributed by atoms with Gasteiger partial charge < -0.3 is 10.6 Å². The maximum absolute atomic E-state index is 12.6. The third-order valence-electron chi connectivity index (χ3n) is 4.02. The Morgan fingerprint density at radius 1 is 0.897 bits per heavy atom. The van der Waals surface area contributed by atoms with E-state index >= 15 is 0 Å². The van der Waals surface area contributed by atoms with Gasteiger partial charge in [0.05, 0.1) is 17.4 Å². The zero-order valence-corrected chi connectivity index (χ0v) is 15.2. The van der Waals surface area contributed by atoms with E-state index in [0.29, 0.717) is 16.9 Å². The number of alkyl halides is 3. The zero-order valence-electron chi connectivity index (χ0n) is 15.2. The Balaban J connectivity index is 1.66. The van der Waals surface area contributed by atoms with E-state index < -0.39 is 17.6 Å². The number of nitrogens with one attached hydrogen (secondary N) is 2. The summed E-state index contributed by atoms with van der Waals surface area (Å²) >= 11 is 0. The van der Waals surface area contributed by atoms with Gasteiger partial charge in [-0.1, -0.05) is 12.1 Å². The van der Waals surface area contributed by atoms with Crippen LogP contribution in [0.4, 0.5) is 30.2 Å². The molecule has 3 rings (SSSR count). The molecule has 0 unspecified atom stereocenters. The van der Waals surface area contributed by atoms with E-state index in [-0.39, 0.29) is 17.2 Å². The average molecular weight is 399 g/mol. The summed E-state index contributed by atoms with van der Waals surface area (Å²) in [5.74, 6) is -0.600. The number of rotatable bonds is 5. The van der Waals surface area contributed by atoms with Crippen LogP contribution in [0, 0.1) is 0 Å². The van der Waals surface area contributed by atoms with Crippen LogP contribution in [0.25, 0.3) is 0 Å². The Kier molecular flexibility index (Phi) is 5.63. The fourth-order valence-corrected chi connectivity index (χ4v) is 2.52. The summed E-state index contributed by atoms with van der Waals surface area (Å²) in [7, 11) is 0. The highest BCUT2D eigenvalue weighted by Gasteiger charge is 2.30. The molecule has 1 amide bonds. The number of hydrogen-bond donors (Lipinski definition) is 2. The molecule has 0 bridgehead atoms. The molecule has 3 aromatic rings.